The number of carboxylic acids is 1. The Hall–Kier alpha value is -4.61. The van der Waals surface area contributed by atoms with Crippen LogP contribution in [0.3, 0.4) is 0 Å². The summed E-state index contributed by atoms with van der Waals surface area (Å²) in [5, 5.41) is 17.6. The third kappa shape index (κ3) is 3.88. The van der Waals surface area contributed by atoms with Crippen LogP contribution in [-0.4, -0.2) is 42.7 Å². The Morgan fingerprint density at radius 3 is 2.53 bits per heavy atom. The van der Waals surface area contributed by atoms with Crippen LogP contribution in [0.5, 0.6) is 0 Å². The standard InChI is InChI=1S/C20H14FN5O6/c1-9(27)13-6-5-12(31-13)8-26-24-14(18(22)28)15(25-26)19-23-16(20(29)30)17(32-19)10-3-2-4-11(21)7-10/h2-7H,8H2,1H3,(H2,22,28)(H,29,30). The van der Waals surface area contributed by atoms with Gasteiger partial charge in [-0.15, -0.1) is 10.2 Å². The van der Waals surface area contributed by atoms with Gasteiger partial charge in [-0.1, -0.05) is 12.1 Å². The van der Waals surface area contributed by atoms with Crippen molar-refractivity contribution < 1.29 is 32.7 Å². The summed E-state index contributed by atoms with van der Waals surface area (Å²) in [6.45, 7) is 1.29. The van der Waals surface area contributed by atoms with Crippen LogP contribution >= 0.6 is 0 Å². The smallest absolute Gasteiger partial charge is 0.358 e. The number of amides is 1. The molecular formula is C20H14FN5O6. The summed E-state index contributed by atoms with van der Waals surface area (Å²) >= 11 is 0. The van der Waals surface area contributed by atoms with Crippen molar-refractivity contribution in [3.63, 3.8) is 0 Å². The molecule has 11 nitrogen and oxygen atoms in total. The predicted octanol–water partition coefficient (Wildman–Crippen LogP) is 2.38. The van der Waals surface area contributed by atoms with Gasteiger partial charge in [-0.05, 0) is 24.3 Å². The molecular weight excluding hydrogens is 425 g/mol. The molecule has 3 N–H and O–H groups in total. The summed E-state index contributed by atoms with van der Waals surface area (Å²) in [5.74, 6) is -3.37. The molecule has 4 rings (SSSR count). The van der Waals surface area contributed by atoms with Crippen LogP contribution in [0.4, 0.5) is 4.39 Å². The van der Waals surface area contributed by atoms with E-state index in [1.807, 2.05) is 0 Å². The number of nitrogens with two attached hydrogens (primary N) is 1. The molecule has 1 aromatic carbocycles. The number of aromatic carboxylic acids is 1. The summed E-state index contributed by atoms with van der Waals surface area (Å²) in [5.41, 5.74) is 4.47. The van der Waals surface area contributed by atoms with Gasteiger partial charge in [-0.2, -0.15) is 9.78 Å². The van der Waals surface area contributed by atoms with Gasteiger partial charge < -0.3 is 19.7 Å². The summed E-state index contributed by atoms with van der Waals surface area (Å²) in [4.78, 5) is 39.9. The van der Waals surface area contributed by atoms with Crippen molar-refractivity contribution >= 4 is 17.7 Å². The SMILES string of the molecule is CC(=O)c1ccc(Cn2nc(C(N)=O)c(-c3nc(C(=O)O)c(-c4cccc(F)c4)o3)n2)o1. The zero-order valence-electron chi connectivity index (χ0n) is 16.4. The lowest BCUT2D eigenvalue weighted by Crippen LogP contribution is -2.13. The lowest BCUT2D eigenvalue weighted by molar-refractivity contribution is 0.0691. The first-order valence-electron chi connectivity index (χ1n) is 9.08. The Labute approximate surface area is 178 Å². The molecule has 0 fully saturated rings. The highest BCUT2D eigenvalue weighted by molar-refractivity contribution is 5.97. The second-order valence-electron chi connectivity index (χ2n) is 6.63. The number of carbonyl (C=O) groups excluding carboxylic acids is 2. The first kappa shape index (κ1) is 20.7. The van der Waals surface area contributed by atoms with Crippen molar-refractivity contribution in [2.75, 3.05) is 0 Å². The number of furan rings is 1. The fourth-order valence-corrected chi connectivity index (χ4v) is 2.91. The molecule has 0 saturated heterocycles. The number of benzene rings is 1. The molecule has 0 aliphatic rings. The number of carbonyl (C=O) groups is 3. The Balaban J connectivity index is 1.77. The third-order valence-electron chi connectivity index (χ3n) is 4.31. The number of hydrogen-bond donors (Lipinski definition) is 2. The predicted molar refractivity (Wildman–Crippen MR) is 104 cm³/mol. The van der Waals surface area contributed by atoms with Crippen molar-refractivity contribution in [2.24, 2.45) is 5.73 Å². The first-order valence-corrected chi connectivity index (χ1v) is 9.08. The fraction of sp³-hybridized carbons (Fsp3) is 0.100. The topological polar surface area (TPSA) is 167 Å². The molecule has 0 radical (unpaired) electrons. The van der Waals surface area contributed by atoms with Crippen molar-refractivity contribution in [3.05, 3.63) is 65.1 Å². The molecule has 0 aliphatic heterocycles. The maximum atomic E-state index is 13.6. The number of nitrogens with zero attached hydrogens (tertiary/aromatic N) is 4. The maximum Gasteiger partial charge on any atom is 0.358 e. The van der Waals surface area contributed by atoms with E-state index in [9.17, 15) is 23.9 Å². The minimum absolute atomic E-state index is 0.0587. The molecule has 0 atom stereocenters. The van der Waals surface area contributed by atoms with E-state index in [4.69, 9.17) is 14.6 Å². The zero-order valence-corrected chi connectivity index (χ0v) is 16.4. The van der Waals surface area contributed by atoms with E-state index in [0.29, 0.717) is 5.76 Å². The van der Waals surface area contributed by atoms with Gasteiger partial charge in [-0.3, -0.25) is 9.59 Å². The highest BCUT2D eigenvalue weighted by atomic mass is 19.1. The third-order valence-corrected chi connectivity index (χ3v) is 4.31. The lowest BCUT2D eigenvalue weighted by atomic mass is 10.1. The number of oxazole rings is 1. The molecule has 3 aromatic heterocycles. The Morgan fingerprint density at radius 1 is 1.12 bits per heavy atom. The van der Waals surface area contributed by atoms with Gasteiger partial charge in [0.1, 0.15) is 18.1 Å². The van der Waals surface area contributed by atoms with Gasteiger partial charge in [0.2, 0.25) is 0 Å². The van der Waals surface area contributed by atoms with E-state index < -0.39 is 23.4 Å². The fourth-order valence-electron chi connectivity index (χ4n) is 2.91. The minimum atomic E-state index is -1.43. The number of rotatable bonds is 7. The van der Waals surface area contributed by atoms with Crippen LogP contribution < -0.4 is 5.73 Å². The first-order chi connectivity index (χ1) is 15.2. The maximum absolute atomic E-state index is 13.6. The van der Waals surface area contributed by atoms with Gasteiger partial charge in [0, 0.05) is 12.5 Å². The molecule has 0 saturated carbocycles. The van der Waals surface area contributed by atoms with E-state index in [0.717, 1.165) is 10.9 Å². The van der Waals surface area contributed by atoms with Crippen LogP contribution in [0.25, 0.3) is 22.9 Å². The Kier molecular flexibility index (Phi) is 5.10. The molecule has 4 aromatic rings. The summed E-state index contributed by atoms with van der Waals surface area (Å²) in [7, 11) is 0. The number of Topliss-reactive ketones (excluding diaryl/α,β-unsaturated/α-hetero) is 1. The number of carboxylic acid groups (broad SMARTS) is 1. The molecule has 162 valence electrons. The largest absolute Gasteiger partial charge is 0.476 e. The van der Waals surface area contributed by atoms with E-state index in [2.05, 4.69) is 15.2 Å². The van der Waals surface area contributed by atoms with Gasteiger partial charge in [0.05, 0.1) is 0 Å². The average Bonchev–Trinajstić information content (AvgIpc) is 3.46. The van der Waals surface area contributed by atoms with Gasteiger partial charge in [0.25, 0.3) is 11.8 Å². The number of primary amides is 1. The molecule has 0 spiro atoms. The van der Waals surface area contributed by atoms with Crippen LogP contribution in [0.2, 0.25) is 0 Å². The Morgan fingerprint density at radius 2 is 1.91 bits per heavy atom. The van der Waals surface area contributed by atoms with Gasteiger partial charge >= 0.3 is 5.97 Å². The van der Waals surface area contributed by atoms with Gasteiger partial charge in [-0.25, -0.2) is 9.18 Å². The summed E-state index contributed by atoms with van der Waals surface area (Å²) in [6.07, 6.45) is 0. The number of halogens is 1. The minimum Gasteiger partial charge on any atom is -0.476 e. The number of hydrogen-bond acceptors (Lipinski definition) is 8. The second kappa shape index (κ2) is 7.91. The number of ketones is 1. The van der Waals surface area contributed by atoms with E-state index in [1.165, 1.54) is 31.2 Å². The highest BCUT2D eigenvalue weighted by Gasteiger charge is 2.28. The van der Waals surface area contributed by atoms with Crippen LogP contribution in [0, 0.1) is 5.82 Å². The highest BCUT2D eigenvalue weighted by Crippen LogP contribution is 2.30. The van der Waals surface area contributed by atoms with Crippen molar-refractivity contribution in [1.29, 1.82) is 0 Å². The number of aromatic nitrogens is 4. The Bertz CT molecular complexity index is 1370. The van der Waals surface area contributed by atoms with Crippen LogP contribution in [0.15, 0.2) is 45.2 Å². The van der Waals surface area contributed by atoms with E-state index in [1.54, 1.807) is 6.07 Å². The average molecular weight is 439 g/mol. The van der Waals surface area contributed by atoms with Gasteiger partial charge in [0.15, 0.2) is 34.4 Å². The molecule has 0 unspecified atom stereocenters. The van der Waals surface area contributed by atoms with E-state index >= 15 is 0 Å². The summed E-state index contributed by atoms with van der Waals surface area (Å²) < 4.78 is 24.5. The molecule has 1 amide bonds. The quantitative estimate of drug-likeness (QED) is 0.411. The van der Waals surface area contributed by atoms with Crippen molar-refractivity contribution in [3.8, 4) is 22.9 Å². The monoisotopic (exact) mass is 439 g/mol. The van der Waals surface area contributed by atoms with Crippen molar-refractivity contribution in [1.82, 2.24) is 20.0 Å². The van der Waals surface area contributed by atoms with Crippen LogP contribution in [0.1, 0.15) is 44.2 Å². The summed E-state index contributed by atoms with van der Waals surface area (Å²) in [6, 6.07) is 8.10. The van der Waals surface area contributed by atoms with Crippen molar-refractivity contribution in [2.45, 2.75) is 13.5 Å². The molecule has 0 aliphatic carbocycles. The molecule has 0 bridgehead atoms. The normalized spacial score (nSPS) is 10.9. The molecule has 32 heavy (non-hydrogen) atoms. The molecule has 3 heterocycles. The van der Waals surface area contributed by atoms with E-state index in [-0.39, 0.29) is 46.7 Å². The second-order valence-corrected chi connectivity index (χ2v) is 6.63. The zero-order chi connectivity index (χ0) is 23.0. The van der Waals surface area contributed by atoms with Crippen LogP contribution in [-0.2, 0) is 6.54 Å². The lowest BCUT2D eigenvalue weighted by Gasteiger charge is -1.98. The molecule has 12 heteroatoms.